The molecule has 1 atom stereocenters. The molecule has 1 heterocycles. The van der Waals surface area contributed by atoms with Gasteiger partial charge in [0.25, 0.3) is 0 Å². The second kappa shape index (κ2) is 5.43. The zero-order valence-electron chi connectivity index (χ0n) is 10.2. The summed E-state index contributed by atoms with van der Waals surface area (Å²) >= 11 is 0. The first kappa shape index (κ1) is 11.6. The van der Waals surface area contributed by atoms with Crippen LogP contribution in [0, 0.1) is 0 Å². The second-order valence-corrected chi connectivity index (χ2v) is 3.98. The van der Waals surface area contributed by atoms with Crippen molar-refractivity contribution in [1.29, 1.82) is 0 Å². The third-order valence-electron chi connectivity index (χ3n) is 2.76. The number of anilines is 1. The van der Waals surface area contributed by atoms with E-state index in [0.717, 1.165) is 17.9 Å². The fraction of sp³-hybridized carbons (Fsp3) is 0.286. The molecule has 0 bridgehead atoms. The average molecular weight is 227 g/mol. The molecule has 0 spiro atoms. The van der Waals surface area contributed by atoms with Crippen molar-refractivity contribution in [3.8, 4) is 0 Å². The Kier molecular flexibility index (Phi) is 3.70. The van der Waals surface area contributed by atoms with Gasteiger partial charge in [-0.25, -0.2) is 4.98 Å². The number of benzene rings is 1. The molecule has 0 saturated carbocycles. The van der Waals surface area contributed by atoms with Crippen LogP contribution < -0.4 is 5.32 Å². The lowest BCUT2D eigenvalue weighted by Crippen LogP contribution is -2.10. The van der Waals surface area contributed by atoms with Gasteiger partial charge in [-0.05, 0) is 18.9 Å². The van der Waals surface area contributed by atoms with Gasteiger partial charge in [-0.15, -0.1) is 0 Å². The van der Waals surface area contributed by atoms with Crippen LogP contribution in [-0.2, 0) is 6.42 Å². The van der Waals surface area contributed by atoms with Gasteiger partial charge in [-0.1, -0.05) is 37.3 Å². The Morgan fingerprint density at radius 3 is 2.53 bits per heavy atom. The Labute approximate surface area is 102 Å². The third kappa shape index (κ3) is 2.81. The first-order chi connectivity index (χ1) is 8.31. The molecule has 0 aliphatic heterocycles. The molecule has 2 rings (SSSR count). The maximum Gasteiger partial charge on any atom is 0.148 e. The van der Waals surface area contributed by atoms with E-state index in [2.05, 4.69) is 41.3 Å². The summed E-state index contributed by atoms with van der Waals surface area (Å²) < 4.78 is 0. The largest absolute Gasteiger partial charge is 0.362 e. The molecule has 0 radical (unpaired) electrons. The van der Waals surface area contributed by atoms with Gasteiger partial charge in [0, 0.05) is 12.4 Å². The summed E-state index contributed by atoms with van der Waals surface area (Å²) in [5.74, 6) is 0.881. The fourth-order valence-electron chi connectivity index (χ4n) is 1.78. The molecule has 1 aromatic heterocycles. The minimum absolute atomic E-state index is 0.234. The highest BCUT2D eigenvalue weighted by Gasteiger charge is 2.08. The van der Waals surface area contributed by atoms with Crippen LogP contribution in [-0.4, -0.2) is 9.97 Å². The highest BCUT2D eigenvalue weighted by molar-refractivity contribution is 5.42. The van der Waals surface area contributed by atoms with E-state index in [9.17, 15) is 0 Å². The van der Waals surface area contributed by atoms with Gasteiger partial charge in [0.2, 0.25) is 0 Å². The summed E-state index contributed by atoms with van der Waals surface area (Å²) in [6.07, 6.45) is 4.34. The molecule has 0 saturated heterocycles. The number of rotatable bonds is 4. The van der Waals surface area contributed by atoms with Crippen LogP contribution in [0.2, 0.25) is 0 Å². The predicted octanol–water partition coefficient (Wildman–Crippen LogP) is 3.21. The van der Waals surface area contributed by atoms with Crippen molar-refractivity contribution in [1.82, 2.24) is 9.97 Å². The van der Waals surface area contributed by atoms with E-state index in [1.807, 2.05) is 18.2 Å². The first-order valence-electron chi connectivity index (χ1n) is 5.92. The molecule has 88 valence electrons. The van der Waals surface area contributed by atoms with E-state index in [4.69, 9.17) is 0 Å². The van der Waals surface area contributed by atoms with Crippen molar-refractivity contribution in [3.63, 3.8) is 0 Å². The zero-order chi connectivity index (χ0) is 12.1. The monoisotopic (exact) mass is 227 g/mol. The van der Waals surface area contributed by atoms with Gasteiger partial charge in [-0.2, -0.15) is 0 Å². The molecule has 0 aliphatic carbocycles. The molecule has 0 fully saturated rings. The van der Waals surface area contributed by atoms with E-state index >= 15 is 0 Å². The fourth-order valence-corrected chi connectivity index (χ4v) is 1.78. The van der Waals surface area contributed by atoms with Gasteiger partial charge in [0.05, 0.1) is 11.7 Å². The molecule has 2 aromatic rings. The van der Waals surface area contributed by atoms with Gasteiger partial charge in [0.1, 0.15) is 5.82 Å². The summed E-state index contributed by atoms with van der Waals surface area (Å²) in [4.78, 5) is 8.66. The summed E-state index contributed by atoms with van der Waals surface area (Å²) in [5.41, 5.74) is 2.26. The molecule has 1 aromatic carbocycles. The molecule has 0 amide bonds. The van der Waals surface area contributed by atoms with E-state index < -0.39 is 0 Å². The number of nitrogens with one attached hydrogen (secondary N) is 1. The minimum Gasteiger partial charge on any atom is -0.362 e. The Morgan fingerprint density at radius 1 is 1.12 bits per heavy atom. The lowest BCUT2D eigenvalue weighted by Gasteiger charge is -2.16. The smallest absolute Gasteiger partial charge is 0.148 e. The van der Waals surface area contributed by atoms with E-state index in [-0.39, 0.29) is 6.04 Å². The number of nitrogens with zero attached hydrogens (tertiary/aromatic N) is 2. The lowest BCUT2D eigenvalue weighted by atomic mass is 10.1. The maximum absolute atomic E-state index is 4.34. The standard InChI is InChI=1S/C14H17N3/c1-3-13-14(16-10-9-15-13)17-11(2)12-7-5-4-6-8-12/h4-11H,3H2,1-2H3,(H,16,17). The summed E-state index contributed by atoms with van der Waals surface area (Å²) in [5, 5.41) is 3.40. The van der Waals surface area contributed by atoms with Crippen molar-refractivity contribution in [2.75, 3.05) is 5.32 Å². The molecule has 1 N–H and O–H groups in total. The Balaban J connectivity index is 2.16. The lowest BCUT2D eigenvalue weighted by molar-refractivity contribution is 0.857. The van der Waals surface area contributed by atoms with Crippen LogP contribution in [0.5, 0.6) is 0 Å². The van der Waals surface area contributed by atoms with Crippen LogP contribution in [0.15, 0.2) is 42.7 Å². The molecular formula is C14H17N3. The third-order valence-corrected chi connectivity index (χ3v) is 2.76. The SMILES string of the molecule is CCc1nccnc1NC(C)c1ccccc1. The van der Waals surface area contributed by atoms with E-state index in [0.29, 0.717) is 0 Å². The molecule has 1 unspecified atom stereocenters. The molecular weight excluding hydrogens is 210 g/mol. The van der Waals surface area contributed by atoms with Crippen molar-refractivity contribution in [2.45, 2.75) is 26.3 Å². The van der Waals surface area contributed by atoms with Crippen LogP contribution in [0.4, 0.5) is 5.82 Å². The van der Waals surface area contributed by atoms with Crippen molar-refractivity contribution in [2.24, 2.45) is 0 Å². The highest BCUT2D eigenvalue weighted by atomic mass is 15.0. The Bertz CT molecular complexity index is 468. The predicted molar refractivity (Wildman–Crippen MR) is 69.9 cm³/mol. The minimum atomic E-state index is 0.234. The van der Waals surface area contributed by atoms with Gasteiger partial charge in [-0.3, -0.25) is 4.98 Å². The summed E-state index contributed by atoms with van der Waals surface area (Å²) in [6, 6.07) is 10.6. The van der Waals surface area contributed by atoms with Crippen LogP contribution >= 0.6 is 0 Å². The topological polar surface area (TPSA) is 37.8 Å². The average Bonchev–Trinajstić information content (AvgIpc) is 2.40. The second-order valence-electron chi connectivity index (χ2n) is 3.98. The molecule has 17 heavy (non-hydrogen) atoms. The number of hydrogen-bond donors (Lipinski definition) is 1. The molecule has 3 heteroatoms. The van der Waals surface area contributed by atoms with Gasteiger partial charge in [0.15, 0.2) is 0 Å². The van der Waals surface area contributed by atoms with Crippen molar-refractivity contribution < 1.29 is 0 Å². The Hall–Kier alpha value is -1.90. The van der Waals surface area contributed by atoms with Gasteiger partial charge >= 0.3 is 0 Å². The maximum atomic E-state index is 4.34. The van der Waals surface area contributed by atoms with Crippen LogP contribution in [0.3, 0.4) is 0 Å². The number of aryl methyl sites for hydroxylation is 1. The number of aromatic nitrogens is 2. The van der Waals surface area contributed by atoms with E-state index in [1.54, 1.807) is 12.4 Å². The highest BCUT2D eigenvalue weighted by Crippen LogP contribution is 2.19. The van der Waals surface area contributed by atoms with Crippen molar-refractivity contribution in [3.05, 3.63) is 54.0 Å². The summed E-state index contributed by atoms with van der Waals surface area (Å²) in [6.45, 7) is 4.21. The Morgan fingerprint density at radius 2 is 1.82 bits per heavy atom. The zero-order valence-corrected chi connectivity index (χ0v) is 10.2. The molecule has 0 aliphatic rings. The quantitative estimate of drug-likeness (QED) is 0.871. The van der Waals surface area contributed by atoms with Gasteiger partial charge < -0.3 is 5.32 Å². The normalized spacial score (nSPS) is 12.1. The van der Waals surface area contributed by atoms with Crippen molar-refractivity contribution >= 4 is 5.82 Å². The van der Waals surface area contributed by atoms with E-state index in [1.165, 1.54) is 5.56 Å². The van der Waals surface area contributed by atoms with Crippen LogP contribution in [0.25, 0.3) is 0 Å². The molecule has 3 nitrogen and oxygen atoms in total. The first-order valence-corrected chi connectivity index (χ1v) is 5.92. The number of hydrogen-bond acceptors (Lipinski definition) is 3. The summed E-state index contributed by atoms with van der Waals surface area (Å²) in [7, 11) is 0. The van der Waals surface area contributed by atoms with Crippen LogP contribution in [0.1, 0.15) is 31.1 Å².